The van der Waals surface area contributed by atoms with Crippen molar-refractivity contribution in [1.29, 1.82) is 0 Å². The molecule has 1 fully saturated rings. The molecule has 0 radical (unpaired) electrons. The van der Waals surface area contributed by atoms with Gasteiger partial charge in [0.25, 0.3) is 0 Å². The van der Waals surface area contributed by atoms with Crippen LogP contribution in [0.1, 0.15) is 12.0 Å². The molecule has 1 aliphatic heterocycles. The molecule has 0 unspecified atom stereocenters. The fourth-order valence-corrected chi connectivity index (χ4v) is 3.82. The molecule has 0 aliphatic carbocycles. The lowest BCUT2D eigenvalue weighted by molar-refractivity contribution is -0.116. The zero-order valence-electron chi connectivity index (χ0n) is 18.7. The summed E-state index contributed by atoms with van der Waals surface area (Å²) in [6.45, 7) is 5.94. The number of anilines is 2. The molecule has 0 saturated carbocycles. The average Bonchev–Trinajstić information content (AvgIpc) is 2.79. The van der Waals surface area contributed by atoms with Crippen LogP contribution in [0.15, 0.2) is 47.5 Å². The summed E-state index contributed by atoms with van der Waals surface area (Å²) in [5.74, 6) is 1.59. The van der Waals surface area contributed by atoms with Crippen molar-refractivity contribution in [1.82, 2.24) is 10.2 Å². The Morgan fingerprint density at radius 1 is 1.16 bits per heavy atom. The Kier molecular flexibility index (Phi) is 10.4. The summed E-state index contributed by atoms with van der Waals surface area (Å²) in [5, 5.41) is 6.70. The minimum Gasteiger partial charge on any atom is -0.497 e. The second-order valence-electron chi connectivity index (χ2n) is 7.43. The van der Waals surface area contributed by atoms with Crippen LogP contribution in [0.2, 0.25) is 5.02 Å². The first kappa shape index (κ1) is 26.1. The smallest absolute Gasteiger partial charge is 0.226 e. The lowest BCUT2D eigenvalue weighted by Crippen LogP contribution is -2.52. The SMILES string of the molecule is CN=C(NCCC(=O)Nc1ccc(C)cc1Cl)N1CCN(c2cccc(OC)c2)CC1.I. The molecule has 9 heteroatoms. The van der Waals surface area contributed by atoms with Gasteiger partial charge in [0.1, 0.15) is 5.75 Å². The number of aryl methyl sites for hydroxylation is 1. The maximum atomic E-state index is 12.3. The third-order valence-electron chi connectivity index (χ3n) is 5.24. The number of methoxy groups -OCH3 is 1. The van der Waals surface area contributed by atoms with Crippen molar-refractivity contribution >= 4 is 58.8 Å². The molecule has 0 bridgehead atoms. The summed E-state index contributed by atoms with van der Waals surface area (Å²) in [6, 6.07) is 13.7. The van der Waals surface area contributed by atoms with E-state index in [4.69, 9.17) is 16.3 Å². The van der Waals surface area contributed by atoms with Crippen molar-refractivity contribution < 1.29 is 9.53 Å². The van der Waals surface area contributed by atoms with Crippen LogP contribution in [-0.4, -0.2) is 63.6 Å². The minimum atomic E-state index is -0.0865. The van der Waals surface area contributed by atoms with Gasteiger partial charge in [-0.15, -0.1) is 24.0 Å². The van der Waals surface area contributed by atoms with Gasteiger partial charge in [-0.3, -0.25) is 9.79 Å². The summed E-state index contributed by atoms with van der Waals surface area (Å²) < 4.78 is 5.33. The first-order valence-electron chi connectivity index (χ1n) is 10.4. The zero-order chi connectivity index (χ0) is 22.2. The standard InChI is InChI=1S/C23H30ClN5O2.HI/c1-17-7-8-21(20(24)15-17)27-22(30)9-10-26-23(25-2)29-13-11-28(12-14-29)18-5-4-6-19(16-18)31-3;/h4-8,15-16H,9-14H2,1-3H3,(H,25,26)(H,27,30);1H. The molecule has 1 aliphatic rings. The van der Waals surface area contributed by atoms with Crippen LogP contribution in [0.3, 0.4) is 0 Å². The highest BCUT2D eigenvalue weighted by Crippen LogP contribution is 2.23. The lowest BCUT2D eigenvalue weighted by Gasteiger charge is -2.37. The fraction of sp³-hybridized carbons (Fsp3) is 0.391. The van der Waals surface area contributed by atoms with Crippen LogP contribution in [0.4, 0.5) is 11.4 Å². The van der Waals surface area contributed by atoms with Crippen molar-refractivity contribution in [2.75, 3.05) is 57.1 Å². The van der Waals surface area contributed by atoms with Gasteiger partial charge in [0.2, 0.25) is 5.91 Å². The fourth-order valence-electron chi connectivity index (χ4n) is 3.54. The second kappa shape index (κ2) is 12.7. The largest absolute Gasteiger partial charge is 0.497 e. The van der Waals surface area contributed by atoms with Gasteiger partial charge in [-0.25, -0.2) is 0 Å². The number of rotatable bonds is 6. The molecule has 1 amide bonds. The molecule has 2 aromatic rings. The molecule has 1 saturated heterocycles. The first-order valence-corrected chi connectivity index (χ1v) is 10.8. The number of halogens is 2. The Balaban J connectivity index is 0.00000363. The molecule has 3 rings (SSSR count). The van der Waals surface area contributed by atoms with Crippen molar-refractivity contribution in [2.45, 2.75) is 13.3 Å². The maximum absolute atomic E-state index is 12.3. The zero-order valence-corrected chi connectivity index (χ0v) is 21.8. The van der Waals surface area contributed by atoms with Crippen LogP contribution in [0.5, 0.6) is 5.75 Å². The Morgan fingerprint density at radius 3 is 2.56 bits per heavy atom. The van der Waals surface area contributed by atoms with Gasteiger partial charge in [-0.2, -0.15) is 0 Å². The van der Waals surface area contributed by atoms with Crippen molar-refractivity contribution in [3.05, 3.63) is 53.1 Å². The number of benzene rings is 2. The van der Waals surface area contributed by atoms with Gasteiger partial charge in [-0.05, 0) is 36.8 Å². The second-order valence-corrected chi connectivity index (χ2v) is 7.84. The lowest BCUT2D eigenvalue weighted by atomic mass is 10.2. The molecular weight excluding hydrogens is 541 g/mol. The number of nitrogens with one attached hydrogen (secondary N) is 2. The number of carbonyl (C=O) groups is 1. The molecule has 0 spiro atoms. The maximum Gasteiger partial charge on any atom is 0.226 e. The topological polar surface area (TPSA) is 69.2 Å². The number of hydrogen-bond acceptors (Lipinski definition) is 4. The minimum absolute atomic E-state index is 0. The summed E-state index contributed by atoms with van der Waals surface area (Å²) in [6.07, 6.45) is 0.326. The predicted octanol–water partition coefficient (Wildman–Crippen LogP) is 4.00. The number of guanidine groups is 1. The average molecular weight is 572 g/mol. The summed E-state index contributed by atoms with van der Waals surface area (Å²) in [4.78, 5) is 21.2. The van der Waals surface area contributed by atoms with E-state index in [1.54, 1.807) is 14.2 Å². The third kappa shape index (κ3) is 7.16. The van der Waals surface area contributed by atoms with E-state index in [0.29, 0.717) is 23.7 Å². The summed E-state index contributed by atoms with van der Waals surface area (Å²) in [7, 11) is 3.45. The molecule has 0 atom stereocenters. The normalized spacial score (nSPS) is 13.9. The van der Waals surface area contributed by atoms with E-state index in [1.165, 1.54) is 0 Å². The monoisotopic (exact) mass is 571 g/mol. The molecule has 7 nitrogen and oxygen atoms in total. The number of nitrogens with zero attached hydrogens (tertiary/aromatic N) is 3. The van der Waals surface area contributed by atoms with Crippen LogP contribution in [-0.2, 0) is 4.79 Å². The van der Waals surface area contributed by atoms with Crippen molar-refractivity contribution in [3.8, 4) is 5.75 Å². The van der Waals surface area contributed by atoms with Gasteiger partial charge < -0.3 is 25.2 Å². The Labute approximate surface area is 212 Å². The molecule has 2 aromatic carbocycles. The number of ether oxygens (including phenoxy) is 1. The van der Waals surface area contributed by atoms with E-state index in [-0.39, 0.29) is 29.9 Å². The number of hydrogen-bond donors (Lipinski definition) is 2. The van der Waals surface area contributed by atoms with E-state index in [9.17, 15) is 4.79 Å². The van der Waals surface area contributed by atoms with E-state index in [1.807, 2.05) is 37.3 Å². The molecule has 32 heavy (non-hydrogen) atoms. The highest BCUT2D eigenvalue weighted by molar-refractivity contribution is 14.0. The molecule has 0 aromatic heterocycles. The van der Waals surface area contributed by atoms with E-state index >= 15 is 0 Å². The van der Waals surface area contributed by atoms with Gasteiger partial charge in [0, 0.05) is 57.9 Å². The highest BCUT2D eigenvalue weighted by atomic mass is 127. The summed E-state index contributed by atoms with van der Waals surface area (Å²) >= 11 is 6.19. The Hall–Kier alpha value is -2.20. The number of carbonyl (C=O) groups excluding carboxylic acids is 1. The van der Waals surface area contributed by atoms with E-state index < -0.39 is 0 Å². The number of piperazine rings is 1. The van der Waals surface area contributed by atoms with Crippen molar-refractivity contribution in [2.24, 2.45) is 4.99 Å². The Morgan fingerprint density at radius 2 is 1.91 bits per heavy atom. The Bertz CT molecular complexity index is 932. The number of aliphatic imine (C=N–C) groups is 1. The predicted molar refractivity (Wildman–Crippen MR) is 143 cm³/mol. The van der Waals surface area contributed by atoms with Gasteiger partial charge in [-0.1, -0.05) is 23.7 Å². The molecular formula is C23H31ClIN5O2. The quantitative estimate of drug-likeness (QED) is 0.312. The third-order valence-corrected chi connectivity index (χ3v) is 5.56. The van der Waals surface area contributed by atoms with Crippen LogP contribution >= 0.6 is 35.6 Å². The first-order chi connectivity index (χ1) is 15.0. The van der Waals surface area contributed by atoms with Crippen LogP contribution in [0.25, 0.3) is 0 Å². The summed E-state index contributed by atoms with van der Waals surface area (Å²) in [5.41, 5.74) is 2.85. The highest BCUT2D eigenvalue weighted by Gasteiger charge is 2.20. The molecule has 2 N–H and O–H groups in total. The van der Waals surface area contributed by atoms with Gasteiger partial charge in [0.15, 0.2) is 5.96 Å². The van der Waals surface area contributed by atoms with Gasteiger partial charge >= 0.3 is 0 Å². The molecule has 174 valence electrons. The van der Waals surface area contributed by atoms with Crippen LogP contribution in [0, 0.1) is 6.92 Å². The van der Waals surface area contributed by atoms with Crippen molar-refractivity contribution in [3.63, 3.8) is 0 Å². The van der Waals surface area contributed by atoms with Gasteiger partial charge in [0.05, 0.1) is 17.8 Å². The van der Waals surface area contributed by atoms with Crippen LogP contribution < -0.4 is 20.3 Å². The van der Waals surface area contributed by atoms with E-state index in [0.717, 1.165) is 49.1 Å². The van der Waals surface area contributed by atoms with E-state index in [2.05, 4.69) is 37.6 Å². The molecule has 1 heterocycles. The number of amides is 1.